The monoisotopic (exact) mass is 324 g/mol. The molecule has 2 unspecified atom stereocenters. The average molecular weight is 324 g/mol. The van der Waals surface area contributed by atoms with Gasteiger partial charge in [-0.3, -0.25) is 9.20 Å². The number of amides is 1. The minimum atomic E-state index is 0.154. The standard InChI is InChI=1S/C17H20N6O/c1-10-12(3-2-8-22(10)17(24)11-4-5-11)16-21-20-14-9-19-15-13(23(14)16)6-7-18-15/h6-7,9-12,18H,2-5,8H2,1H3. The van der Waals surface area contributed by atoms with Gasteiger partial charge in [0.25, 0.3) is 0 Å². The number of hydrogen-bond donors (Lipinski definition) is 1. The summed E-state index contributed by atoms with van der Waals surface area (Å²) in [6, 6.07) is 2.16. The van der Waals surface area contributed by atoms with E-state index in [0.717, 1.165) is 54.9 Å². The second kappa shape index (κ2) is 5.03. The molecule has 0 spiro atoms. The van der Waals surface area contributed by atoms with E-state index in [0.29, 0.717) is 5.91 Å². The van der Waals surface area contributed by atoms with Crippen LogP contribution in [0.1, 0.15) is 44.3 Å². The Morgan fingerprint density at radius 3 is 3.00 bits per heavy atom. The smallest absolute Gasteiger partial charge is 0.225 e. The van der Waals surface area contributed by atoms with E-state index >= 15 is 0 Å². The summed E-state index contributed by atoms with van der Waals surface area (Å²) in [7, 11) is 0. The molecule has 0 bridgehead atoms. The zero-order chi connectivity index (χ0) is 16.3. The summed E-state index contributed by atoms with van der Waals surface area (Å²) >= 11 is 0. The predicted molar refractivity (Wildman–Crippen MR) is 88.5 cm³/mol. The maximum Gasteiger partial charge on any atom is 0.225 e. The first-order valence-corrected chi connectivity index (χ1v) is 8.71. The third kappa shape index (κ3) is 1.96. The SMILES string of the molecule is CC1C(c2nnc3cnc4[nH]ccc4n23)CCCN1C(=O)C1CC1. The maximum absolute atomic E-state index is 12.6. The Morgan fingerprint density at radius 1 is 1.29 bits per heavy atom. The summed E-state index contributed by atoms with van der Waals surface area (Å²) in [6.07, 6.45) is 7.78. The molecular weight excluding hydrogens is 304 g/mol. The van der Waals surface area contributed by atoms with E-state index < -0.39 is 0 Å². The van der Waals surface area contributed by atoms with E-state index in [-0.39, 0.29) is 17.9 Å². The third-order valence-electron chi connectivity index (χ3n) is 5.50. The molecule has 1 N–H and O–H groups in total. The van der Waals surface area contributed by atoms with Crippen LogP contribution in [-0.4, -0.2) is 48.0 Å². The van der Waals surface area contributed by atoms with Crippen LogP contribution < -0.4 is 0 Å². The summed E-state index contributed by atoms with van der Waals surface area (Å²) in [5.41, 5.74) is 2.58. The minimum absolute atomic E-state index is 0.154. The molecule has 1 saturated heterocycles. The Morgan fingerprint density at radius 2 is 2.17 bits per heavy atom. The lowest BCUT2D eigenvalue weighted by atomic mass is 9.89. The van der Waals surface area contributed by atoms with Crippen LogP contribution >= 0.6 is 0 Å². The van der Waals surface area contributed by atoms with Crippen molar-refractivity contribution in [3.8, 4) is 0 Å². The third-order valence-corrected chi connectivity index (χ3v) is 5.50. The molecule has 7 heteroatoms. The number of fused-ring (bicyclic) bond motifs is 3. The van der Waals surface area contributed by atoms with Crippen LogP contribution in [0.2, 0.25) is 0 Å². The fraction of sp³-hybridized carbons (Fsp3) is 0.529. The summed E-state index contributed by atoms with van der Waals surface area (Å²) in [4.78, 5) is 22.2. The molecule has 124 valence electrons. The van der Waals surface area contributed by atoms with E-state index in [4.69, 9.17) is 0 Å². The first-order valence-electron chi connectivity index (χ1n) is 8.71. The van der Waals surface area contributed by atoms with E-state index in [9.17, 15) is 4.79 Å². The van der Waals surface area contributed by atoms with Gasteiger partial charge < -0.3 is 9.88 Å². The largest absolute Gasteiger partial charge is 0.345 e. The van der Waals surface area contributed by atoms with Crippen molar-refractivity contribution in [1.82, 2.24) is 29.5 Å². The van der Waals surface area contributed by atoms with Gasteiger partial charge in [-0.25, -0.2) is 4.98 Å². The Labute approximate surface area is 139 Å². The minimum Gasteiger partial charge on any atom is -0.345 e. The van der Waals surface area contributed by atoms with Gasteiger partial charge >= 0.3 is 0 Å². The number of piperidine rings is 1. The summed E-state index contributed by atoms with van der Waals surface area (Å²) in [6.45, 7) is 3.02. The van der Waals surface area contributed by atoms with Gasteiger partial charge in [-0.15, -0.1) is 10.2 Å². The normalized spacial score (nSPS) is 24.8. The van der Waals surface area contributed by atoms with E-state index in [1.165, 1.54) is 0 Å². The maximum atomic E-state index is 12.6. The molecule has 1 aliphatic carbocycles. The molecular formula is C17H20N6O. The molecule has 0 aromatic carbocycles. The van der Waals surface area contributed by atoms with Crippen molar-refractivity contribution in [2.45, 2.75) is 44.6 Å². The number of carbonyl (C=O) groups excluding carboxylic acids is 1. The Balaban J connectivity index is 1.58. The first-order chi connectivity index (χ1) is 11.7. The Hall–Kier alpha value is -2.44. The summed E-state index contributed by atoms with van der Waals surface area (Å²) < 4.78 is 2.09. The molecule has 2 atom stereocenters. The molecule has 0 radical (unpaired) electrons. The molecule has 1 saturated carbocycles. The van der Waals surface area contributed by atoms with Gasteiger partial charge in [-0.1, -0.05) is 0 Å². The molecule has 2 aliphatic rings. The number of aromatic nitrogens is 5. The van der Waals surface area contributed by atoms with Crippen molar-refractivity contribution in [2.24, 2.45) is 5.92 Å². The lowest BCUT2D eigenvalue weighted by Crippen LogP contribution is -2.47. The number of rotatable bonds is 2. The molecule has 5 rings (SSSR count). The molecule has 4 heterocycles. The van der Waals surface area contributed by atoms with Crippen molar-refractivity contribution in [3.63, 3.8) is 0 Å². The highest BCUT2D eigenvalue weighted by molar-refractivity contribution is 5.81. The molecule has 1 amide bonds. The number of nitrogens with one attached hydrogen (secondary N) is 1. The topological polar surface area (TPSA) is 79.2 Å². The quantitative estimate of drug-likeness (QED) is 0.783. The second-order valence-electron chi connectivity index (χ2n) is 7.02. The van der Waals surface area contributed by atoms with Gasteiger partial charge in [0.15, 0.2) is 11.3 Å². The zero-order valence-corrected chi connectivity index (χ0v) is 13.6. The van der Waals surface area contributed by atoms with Crippen LogP contribution in [-0.2, 0) is 4.79 Å². The van der Waals surface area contributed by atoms with Gasteiger partial charge in [0.1, 0.15) is 5.82 Å². The lowest BCUT2D eigenvalue weighted by molar-refractivity contribution is -0.136. The van der Waals surface area contributed by atoms with Gasteiger partial charge in [-0.05, 0) is 38.7 Å². The number of nitrogens with zero attached hydrogens (tertiary/aromatic N) is 5. The first kappa shape index (κ1) is 13.9. The van der Waals surface area contributed by atoms with Crippen molar-refractivity contribution in [3.05, 3.63) is 24.3 Å². The van der Waals surface area contributed by atoms with Crippen molar-refractivity contribution in [2.75, 3.05) is 6.54 Å². The summed E-state index contributed by atoms with van der Waals surface area (Å²) in [5, 5.41) is 8.78. The fourth-order valence-corrected chi connectivity index (χ4v) is 4.00. The van der Waals surface area contributed by atoms with Crippen LogP contribution in [0.3, 0.4) is 0 Å². The lowest BCUT2D eigenvalue weighted by Gasteiger charge is -2.39. The van der Waals surface area contributed by atoms with Crippen molar-refractivity contribution in [1.29, 1.82) is 0 Å². The number of carbonyl (C=O) groups is 1. The molecule has 1 aliphatic heterocycles. The fourth-order valence-electron chi connectivity index (χ4n) is 4.00. The molecule has 3 aromatic rings. The summed E-state index contributed by atoms with van der Waals surface area (Å²) in [5.74, 6) is 1.74. The van der Waals surface area contributed by atoms with Gasteiger partial charge in [-0.2, -0.15) is 0 Å². The van der Waals surface area contributed by atoms with Crippen molar-refractivity contribution < 1.29 is 4.79 Å². The van der Waals surface area contributed by atoms with E-state index in [1.807, 2.05) is 12.3 Å². The van der Waals surface area contributed by atoms with Gasteiger partial charge in [0.2, 0.25) is 5.91 Å². The zero-order valence-electron chi connectivity index (χ0n) is 13.6. The second-order valence-corrected chi connectivity index (χ2v) is 7.02. The molecule has 2 fully saturated rings. The number of hydrogen-bond acceptors (Lipinski definition) is 4. The average Bonchev–Trinajstić information content (AvgIpc) is 3.17. The Bertz CT molecular complexity index is 924. The highest BCUT2D eigenvalue weighted by atomic mass is 16.2. The highest BCUT2D eigenvalue weighted by Gasteiger charge is 2.40. The van der Waals surface area contributed by atoms with Crippen LogP contribution in [0.25, 0.3) is 16.8 Å². The van der Waals surface area contributed by atoms with Crippen LogP contribution in [0.15, 0.2) is 18.5 Å². The number of H-pyrrole nitrogens is 1. The molecule has 3 aromatic heterocycles. The van der Waals surface area contributed by atoms with E-state index in [1.54, 1.807) is 6.20 Å². The number of likely N-dealkylation sites (tertiary alicyclic amines) is 1. The molecule has 24 heavy (non-hydrogen) atoms. The Kier molecular flexibility index (Phi) is 2.92. The van der Waals surface area contributed by atoms with Crippen molar-refractivity contribution >= 4 is 22.7 Å². The number of aromatic amines is 1. The molecule has 7 nitrogen and oxygen atoms in total. The van der Waals surface area contributed by atoms with E-state index in [2.05, 4.69) is 36.4 Å². The van der Waals surface area contributed by atoms with Crippen LogP contribution in [0.4, 0.5) is 0 Å². The predicted octanol–water partition coefficient (Wildman–Crippen LogP) is 2.11. The van der Waals surface area contributed by atoms with Gasteiger partial charge in [0, 0.05) is 30.6 Å². The highest BCUT2D eigenvalue weighted by Crippen LogP contribution is 2.37. The van der Waals surface area contributed by atoms with Crippen LogP contribution in [0.5, 0.6) is 0 Å². The van der Waals surface area contributed by atoms with Crippen LogP contribution in [0, 0.1) is 5.92 Å². The van der Waals surface area contributed by atoms with Gasteiger partial charge in [0.05, 0.1) is 11.7 Å².